The molecule has 1 aromatic rings. The van der Waals surface area contributed by atoms with Crippen molar-refractivity contribution < 1.29 is 30.8 Å². The molecule has 1 N–H and O–H groups in total. The highest BCUT2D eigenvalue weighted by Gasteiger charge is 2.74. The fraction of sp³-hybridized carbons (Fsp3) is 0.667. The number of rotatable bonds is 6. The lowest BCUT2D eigenvalue weighted by molar-refractivity contribution is -0.369. The third-order valence-corrected chi connectivity index (χ3v) is 10.1. The van der Waals surface area contributed by atoms with E-state index in [4.69, 9.17) is 4.43 Å². The summed E-state index contributed by atoms with van der Waals surface area (Å²) in [6, 6.07) is 3.68. The van der Waals surface area contributed by atoms with Crippen LogP contribution in [0.1, 0.15) is 38.8 Å². The second kappa shape index (κ2) is 7.31. The summed E-state index contributed by atoms with van der Waals surface area (Å²) in [5, 5.41) is 3.04. The number of hydrogen-bond acceptors (Lipinski definition) is 2. The standard InChI is InChI=1S/C18H25F6NOSi/c1-5-27(6-2,7-3)26-16(17(19,20)21,18(22,23)24)14-8-9-15-13(11-14)10-12(4)25-15/h8-9,11-12,25H,5-7,10H2,1-4H3. The second-order valence-corrected chi connectivity index (χ2v) is 11.8. The van der Waals surface area contributed by atoms with Gasteiger partial charge in [0.25, 0.3) is 5.60 Å². The minimum absolute atomic E-state index is 0.0438. The van der Waals surface area contributed by atoms with Gasteiger partial charge in [-0.2, -0.15) is 26.3 Å². The summed E-state index contributed by atoms with van der Waals surface area (Å²) >= 11 is 0. The number of halogens is 6. The van der Waals surface area contributed by atoms with Crippen LogP contribution in [0, 0.1) is 0 Å². The molecule has 2 rings (SSSR count). The fourth-order valence-corrected chi connectivity index (χ4v) is 6.65. The summed E-state index contributed by atoms with van der Waals surface area (Å²) in [4.78, 5) is 0. The second-order valence-electron chi connectivity index (χ2n) is 7.14. The molecule has 1 atom stereocenters. The van der Waals surface area contributed by atoms with E-state index in [2.05, 4.69) is 5.32 Å². The summed E-state index contributed by atoms with van der Waals surface area (Å²) in [5.74, 6) is 0. The van der Waals surface area contributed by atoms with Crippen molar-refractivity contribution in [2.75, 3.05) is 5.32 Å². The molecule has 1 heterocycles. The van der Waals surface area contributed by atoms with E-state index in [1.165, 1.54) is 6.07 Å². The topological polar surface area (TPSA) is 21.3 Å². The lowest BCUT2D eigenvalue weighted by atomic mass is 9.90. The van der Waals surface area contributed by atoms with Crippen LogP contribution in [0.4, 0.5) is 32.0 Å². The molecule has 0 amide bonds. The molecule has 0 saturated carbocycles. The zero-order chi connectivity index (χ0) is 20.7. The molecule has 154 valence electrons. The quantitative estimate of drug-likeness (QED) is 0.431. The molecule has 0 saturated heterocycles. The normalized spacial score (nSPS) is 18.4. The molecule has 0 spiro atoms. The summed E-state index contributed by atoms with van der Waals surface area (Å²) < 4.78 is 89.8. The van der Waals surface area contributed by atoms with Crippen LogP contribution in [0.25, 0.3) is 0 Å². The van der Waals surface area contributed by atoms with Crippen molar-refractivity contribution in [2.24, 2.45) is 0 Å². The van der Waals surface area contributed by atoms with E-state index in [1.807, 2.05) is 6.92 Å². The average Bonchev–Trinajstić information content (AvgIpc) is 2.93. The number of hydrogen-bond donors (Lipinski definition) is 1. The highest BCUT2D eigenvalue weighted by Crippen LogP contribution is 2.55. The molecule has 1 aliphatic heterocycles. The average molecular weight is 413 g/mol. The van der Waals surface area contributed by atoms with Gasteiger partial charge >= 0.3 is 12.4 Å². The van der Waals surface area contributed by atoms with E-state index >= 15 is 0 Å². The van der Waals surface area contributed by atoms with Crippen LogP contribution in [-0.4, -0.2) is 26.7 Å². The maximum Gasteiger partial charge on any atom is 0.429 e. The van der Waals surface area contributed by atoms with Crippen molar-refractivity contribution in [1.82, 2.24) is 0 Å². The molecule has 0 radical (unpaired) electrons. The first-order valence-corrected chi connectivity index (χ1v) is 11.6. The molecular formula is C18H25F6NOSi. The van der Waals surface area contributed by atoms with Crippen molar-refractivity contribution in [2.45, 2.75) is 76.2 Å². The van der Waals surface area contributed by atoms with Crippen molar-refractivity contribution in [3.63, 3.8) is 0 Å². The smallest absolute Gasteiger partial charge is 0.393 e. The Morgan fingerprint density at radius 3 is 1.96 bits per heavy atom. The number of anilines is 1. The lowest BCUT2D eigenvalue weighted by Gasteiger charge is -2.44. The first-order chi connectivity index (χ1) is 12.4. The van der Waals surface area contributed by atoms with E-state index in [-0.39, 0.29) is 24.2 Å². The maximum atomic E-state index is 14.1. The van der Waals surface area contributed by atoms with Crippen LogP contribution < -0.4 is 5.32 Å². The Bertz CT molecular complexity index is 647. The maximum absolute atomic E-state index is 14.1. The summed E-state index contributed by atoms with van der Waals surface area (Å²) in [7, 11) is -3.25. The van der Waals surface area contributed by atoms with E-state index in [0.717, 1.165) is 12.1 Å². The molecule has 0 fully saturated rings. The molecule has 0 bridgehead atoms. The van der Waals surface area contributed by atoms with Gasteiger partial charge in [0.1, 0.15) is 0 Å². The lowest BCUT2D eigenvalue weighted by Crippen LogP contribution is -2.61. The molecular weight excluding hydrogens is 388 g/mol. The van der Waals surface area contributed by atoms with Crippen molar-refractivity contribution in [3.05, 3.63) is 29.3 Å². The predicted molar refractivity (Wildman–Crippen MR) is 95.3 cm³/mol. The van der Waals surface area contributed by atoms with E-state index in [9.17, 15) is 26.3 Å². The van der Waals surface area contributed by atoms with Crippen LogP contribution >= 0.6 is 0 Å². The Morgan fingerprint density at radius 1 is 1.00 bits per heavy atom. The Kier molecular flexibility index (Phi) is 5.97. The number of alkyl halides is 6. The van der Waals surface area contributed by atoms with Crippen LogP contribution in [0.3, 0.4) is 0 Å². The third-order valence-electron chi connectivity index (χ3n) is 5.54. The summed E-state index contributed by atoms with van der Waals surface area (Å²) in [5.41, 5.74) is -4.19. The summed E-state index contributed by atoms with van der Waals surface area (Å²) in [6.07, 6.45) is -10.9. The van der Waals surface area contributed by atoms with Gasteiger partial charge in [-0.15, -0.1) is 0 Å². The van der Waals surface area contributed by atoms with Gasteiger partial charge < -0.3 is 9.74 Å². The minimum atomic E-state index is -5.63. The predicted octanol–water partition coefficient (Wildman–Crippen LogP) is 6.38. The third kappa shape index (κ3) is 3.72. The van der Waals surface area contributed by atoms with Gasteiger partial charge in [-0.25, -0.2) is 0 Å². The Labute approximate surface area is 156 Å². The molecule has 1 aliphatic rings. The highest BCUT2D eigenvalue weighted by atomic mass is 28.4. The van der Waals surface area contributed by atoms with Crippen LogP contribution in [0.5, 0.6) is 0 Å². The number of fused-ring (bicyclic) bond motifs is 1. The van der Waals surface area contributed by atoms with Gasteiger partial charge in [0.2, 0.25) is 0 Å². The Hall–Kier alpha value is -1.22. The molecule has 2 nitrogen and oxygen atoms in total. The van der Waals surface area contributed by atoms with E-state index in [1.54, 1.807) is 20.8 Å². The first-order valence-electron chi connectivity index (χ1n) is 9.09. The highest BCUT2D eigenvalue weighted by molar-refractivity contribution is 6.73. The zero-order valence-electron chi connectivity index (χ0n) is 15.8. The number of nitrogens with one attached hydrogen (secondary N) is 1. The zero-order valence-corrected chi connectivity index (χ0v) is 16.8. The fourth-order valence-electron chi connectivity index (χ4n) is 3.72. The SMILES string of the molecule is CC[Si](CC)(CC)OC(c1ccc2c(c1)CC(C)N2)(C(F)(F)F)C(F)(F)F. The largest absolute Gasteiger partial charge is 0.429 e. The monoisotopic (exact) mass is 413 g/mol. The first kappa shape index (κ1) is 22.1. The van der Waals surface area contributed by atoms with Gasteiger partial charge in [-0.05, 0) is 43.1 Å². The molecule has 1 unspecified atom stereocenters. The molecule has 1 aromatic carbocycles. The molecule has 9 heteroatoms. The van der Waals surface area contributed by atoms with Gasteiger partial charge in [-0.3, -0.25) is 0 Å². The van der Waals surface area contributed by atoms with Crippen LogP contribution in [0.2, 0.25) is 18.1 Å². The van der Waals surface area contributed by atoms with Gasteiger partial charge in [0.05, 0.1) is 0 Å². The molecule has 27 heavy (non-hydrogen) atoms. The Morgan fingerprint density at radius 2 is 1.52 bits per heavy atom. The van der Waals surface area contributed by atoms with Crippen molar-refractivity contribution in [1.29, 1.82) is 0 Å². The van der Waals surface area contributed by atoms with E-state index in [0.29, 0.717) is 17.7 Å². The van der Waals surface area contributed by atoms with Crippen LogP contribution in [-0.2, 0) is 16.4 Å². The molecule has 0 aliphatic carbocycles. The minimum Gasteiger partial charge on any atom is -0.393 e. The van der Waals surface area contributed by atoms with Crippen molar-refractivity contribution >= 4 is 14.0 Å². The number of benzene rings is 1. The van der Waals surface area contributed by atoms with Gasteiger partial charge in [-0.1, -0.05) is 32.9 Å². The van der Waals surface area contributed by atoms with Gasteiger partial charge in [0.15, 0.2) is 8.32 Å². The Balaban J connectivity index is 2.72. The molecule has 0 aromatic heterocycles. The van der Waals surface area contributed by atoms with Crippen LogP contribution in [0.15, 0.2) is 18.2 Å². The van der Waals surface area contributed by atoms with Crippen molar-refractivity contribution in [3.8, 4) is 0 Å². The van der Waals surface area contributed by atoms with Gasteiger partial charge in [0, 0.05) is 17.3 Å². The summed E-state index contributed by atoms with van der Waals surface area (Å²) in [6.45, 7) is 6.63. The van der Waals surface area contributed by atoms with E-state index < -0.39 is 31.8 Å².